The third-order valence-corrected chi connectivity index (χ3v) is 21.8. The number of benzene rings is 3. The Labute approximate surface area is 384 Å². The number of carbonyl (C=O) groups is 3. The molecule has 8 aliphatic rings. The van der Waals surface area contributed by atoms with Gasteiger partial charge in [-0.1, -0.05) is 151 Å². The van der Waals surface area contributed by atoms with Crippen molar-refractivity contribution in [1.82, 2.24) is 5.48 Å². The highest BCUT2D eigenvalue weighted by Crippen LogP contribution is 2.83. The van der Waals surface area contributed by atoms with Gasteiger partial charge >= 0.3 is 17.9 Å². The van der Waals surface area contributed by atoms with E-state index in [9.17, 15) is 9.59 Å². The highest BCUT2D eigenvalue weighted by molar-refractivity contribution is 6.74. The standard InChI is InChI=1S/C53H65NO10Si/c1-32(2)40-26-37-27-50(30-55)39-25-24-33(3)38(39)28-51(37,52(40,50)48(57)60-42(35-20-14-10-15-21-35)36-22-16-11-17-23-36)31-58-53-45(64-65(7,8)49(4,5)6)43-41(44(61-53)47(59-43)62-53)46(56)63-54-29-34-18-12-9-13-19-34/h9-23,26,30,32-33,37-39,41-45,47,54H,24-25,27-29,31H2,1-8H3. The molecule has 3 aromatic rings. The molecule has 11 rings (SSSR count). The molecule has 13 atom stereocenters. The van der Waals surface area contributed by atoms with Gasteiger partial charge in [-0.05, 0) is 83.7 Å². The number of allylic oxidation sites excluding steroid dienone is 1. The normalized spacial score (nSPS) is 37.4. The van der Waals surface area contributed by atoms with E-state index in [0.717, 1.165) is 41.4 Å². The number of rotatable bonds is 15. The molecule has 12 heteroatoms. The monoisotopic (exact) mass is 903 g/mol. The lowest BCUT2D eigenvalue weighted by Gasteiger charge is -2.59. The molecule has 0 radical (unpaired) electrons. The largest absolute Gasteiger partial charge is 0.452 e. The highest BCUT2D eigenvalue weighted by atomic mass is 28.4. The molecule has 65 heavy (non-hydrogen) atoms. The van der Waals surface area contributed by atoms with Crippen molar-refractivity contribution < 1.29 is 47.3 Å². The molecule has 1 N–H and O–H groups in total. The Morgan fingerprint density at radius 1 is 0.892 bits per heavy atom. The second-order valence-electron chi connectivity index (χ2n) is 21.9. The summed E-state index contributed by atoms with van der Waals surface area (Å²) in [6.07, 6.45) is 2.26. The van der Waals surface area contributed by atoms with Crippen molar-refractivity contribution in [2.45, 2.75) is 129 Å². The molecule has 346 valence electrons. The molecular weight excluding hydrogens is 839 g/mol. The van der Waals surface area contributed by atoms with Gasteiger partial charge in [-0.3, -0.25) is 9.53 Å². The average molecular weight is 904 g/mol. The van der Waals surface area contributed by atoms with Crippen molar-refractivity contribution in [2.75, 3.05) is 6.61 Å². The average Bonchev–Trinajstić information content (AvgIpc) is 4.02. The molecule has 0 amide bonds. The van der Waals surface area contributed by atoms with Crippen LogP contribution in [0.15, 0.2) is 103 Å². The number of aldehydes is 1. The Morgan fingerprint density at radius 3 is 2.15 bits per heavy atom. The number of esters is 1. The van der Waals surface area contributed by atoms with E-state index in [4.69, 9.17) is 32.9 Å². The van der Waals surface area contributed by atoms with Crippen LogP contribution in [0.25, 0.3) is 0 Å². The van der Waals surface area contributed by atoms with Crippen LogP contribution >= 0.6 is 0 Å². The summed E-state index contributed by atoms with van der Waals surface area (Å²) in [7, 11) is -2.64. The zero-order valence-electron chi connectivity index (χ0n) is 39.0. The minimum Gasteiger partial charge on any atom is -0.452 e. The van der Waals surface area contributed by atoms with Gasteiger partial charge in [0.15, 0.2) is 26.8 Å². The number of nitrogens with one attached hydrogen (secondary N) is 1. The molecule has 4 aliphatic carbocycles. The van der Waals surface area contributed by atoms with Crippen molar-refractivity contribution in [3.05, 3.63) is 119 Å². The van der Waals surface area contributed by atoms with Crippen LogP contribution in [0.5, 0.6) is 0 Å². The zero-order chi connectivity index (χ0) is 45.7. The minimum atomic E-state index is -2.64. The van der Waals surface area contributed by atoms with E-state index < -0.39 is 73.1 Å². The quantitative estimate of drug-likeness (QED) is 0.0516. The molecule has 4 saturated heterocycles. The maximum Gasteiger partial charge on any atom is 0.333 e. The molecule has 0 aromatic heterocycles. The first-order valence-corrected chi connectivity index (χ1v) is 26.7. The van der Waals surface area contributed by atoms with E-state index in [-0.39, 0.29) is 41.3 Å². The Balaban J connectivity index is 1.04. The van der Waals surface area contributed by atoms with Crippen LogP contribution in [0.4, 0.5) is 0 Å². The molecular formula is C53H65NO10Si. The summed E-state index contributed by atoms with van der Waals surface area (Å²) in [6.45, 7) is 17.6. The van der Waals surface area contributed by atoms with E-state index >= 15 is 4.79 Å². The number of hydroxylamine groups is 1. The number of hydrogen-bond donors (Lipinski definition) is 1. The van der Waals surface area contributed by atoms with Gasteiger partial charge < -0.3 is 33.0 Å². The summed E-state index contributed by atoms with van der Waals surface area (Å²) >= 11 is 0. The third kappa shape index (κ3) is 6.59. The lowest BCUT2D eigenvalue weighted by Crippen LogP contribution is -2.67. The van der Waals surface area contributed by atoms with E-state index in [1.165, 1.54) is 0 Å². The Morgan fingerprint density at radius 2 is 1.54 bits per heavy atom. The topological polar surface area (TPSA) is 128 Å². The van der Waals surface area contributed by atoms with Crippen LogP contribution in [0.1, 0.15) is 90.0 Å². The zero-order valence-corrected chi connectivity index (χ0v) is 40.0. The molecule has 13 unspecified atom stereocenters. The van der Waals surface area contributed by atoms with E-state index in [0.29, 0.717) is 25.3 Å². The summed E-state index contributed by atoms with van der Waals surface area (Å²) in [6, 6.07) is 29.4. The van der Waals surface area contributed by atoms with E-state index in [2.05, 4.69) is 66.2 Å². The van der Waals surface area contributed by atoms with Gasteiger partial charge in [0.05, 0.1) is 18.6 Å². The Bertz CT molecular complexity index is 2280. The van der Waals surface area contributed by atoms with Crippen LogP contribution in [0.2, 0.25) is 18.1 Å². The van der Waals surface area contributed by atoms with Crippen LogP contribution in [-0.2, 0) is 53.9 Å². The summed E-state index contributed by atoms with van der Waals surface area (Å²) in [5, 5.41) is -0.234. The van der Waals surface area contributed by atoms with Crippen molar-refractivity contribution in [2.24, 2.45) is 51.8 Å². The fourth-order valence-electron chi connectivity index (χ4n) is 13.4. The lowest BCUT2D eigenvalue weighted by molar-refractivity contribution is -0.441. The predicted octanol–water partition coefficient (Wildman–Crippen LogP) is 9.24. The highest BCUT2D eigenvalue weighted by Gasteiger charge is 2.85. The van der Waals surface area contributed by atoms with Gasteiger partial charge in [-0.15, -0.1) is 5.48 Å². The second kappa shape index (κ2) is 16.1. The predicted molar refractivity (Wildman–Crippen MR) is 243 cm³/mol. The van der Waals surface area contributed by atoms with E-state index in [1.54, 1.807) is 0 Å². The number of ether oxygens (including phenoxy) is 5. The second-order valence-corrected chi connectivity index (χ2v) is 26.7. The molecule has 8 bridgehead atoms. The third-order valence-electron chi connectivity index (χ3n) is 17.4. The maximum absolute atomic E-state index is 16.2. The fourth-order valence-corrected chi connectivity index (χ4v) is 14.7. The van der Waals surface area contributed by atoms with Crippen LogP contribution in [0, 0.1) is 51.8 Å². The molecule has 4 aliphatic heterocycles. The number of carbonyl (C=O) groups excluding carboxylic acids is 3. The summed E-state index contributed by atoms with van der Waals surface area (Å²) in [5.74, 6) is -3.23. The van der Waals surface area contributed by atoms with E-state index in [1.807, 2.05) is 91.0 Å². The van der Waals surface area contributed by atoms with Gasteiger partial charge in [0.2, 0.25) is 0 Å². The first kappa shape index (κ1) is 44.8. The summed E-state index contributed by atoms with van der Waals surface area (Å²) < 4.78 is 41.7. The smallest absolute Gasteiger partial charge is 0.333 e. The van der Waals surface area contributed by atoms with Gasteiger partial charge in [0, 0.05) is 5.41 Å². The van der Waals surface area contributed by atoms with Gasteiger partial charge in [0.1, 0.15) is 29.8 Å². The lowest BCUT2D eigenvalue weighted by atomic mass is 9.43. The first-order chi connectivity index (χ1) is 31.0. The van der Waals surface area contributed by atoms with Crippen LogP contribution in [-0.4, -0.2) is 63.7 Å². The Kier molecular flexibility index (Phi) is 11.1. The van der Waals surface area contributed by atoms with Crippen LogP contribution < -0.4 is 5.48 Å². The molecule has 0 spiro atoms. The number of fused-ring (bicyclic) bond motifs is 2. The molecule has 3 saturated carbocycles. The van der Waals surface area contributed by atoms with Crippen molar-refractivity contribution in [3.63, 3.8) is 0 Å². The molecule has 11 nitrogen and oxygen atoms in total. The van der Waals surface area contributed by atoms with Gasteiger partial charge in [0.25, 0.3) is 0 Å². The number of hydrogen-bond acceptors (Lipinski definition) is 11. The maximum atomic E-state index is 16.2. The fraction of sp³-hybridized carbons (Fsp3) is 0.566. The molecule has 7 fully saturated rings. The summed E-state index contributed by atoms with van der Waals surface area (Å²) in [4.78, 5) is 50.5. The molecule has 4 heterocycles. The van der Waals surface area contributed by atoms with Crippen molar-refractivity contribution in [3.8, 4) is 0 Å². The van der Waals surface area contributed by atoms with Gasteiger partial charge in [-0.25, -0.2) is 4.79 Å². The van der Waals surface area contributed by atoms with Crippen LogP contribution in [0.3, 0.4) is 0 Å². The SMILES string of the molecule is CC(C)C1=CC2CC3(C=O)C4CCC(C)C4CC2(COC24OC5OC(C(C(=O)ONCc6ccccc6)C5O2)C4O[Si](C)(C)C(C)(C)C)C13C(=O)OC(c1ccccc1)c1ccccc1. The minimum absolute atomic E-state index is 0.00390. The molecule has 3 aromatic carbocycles. The summed E-state index contributed by atoms with van der Waals surface area (Å²) in [5.41, 5.74) is 3.19. The Hall–Kier alpha value is -4.01. The van der Waals surface area contributed by atoms with Crippen molar-refractivity contribution >= 4 is 26.5 Å². The van der Waals surface area contributed by atoms with Gasteiger partial charge in [-0.2, -0.15) is 0 Å². The van der Waals surface area contributed by atoms with Crippen molar-refractivity contribution in [1.29, 1.82) is 0 Å². The first-order valence-electron chi connectivity index (χ1n) is 23.8.